The summed E-state index contributed by atoms with van der Waals surface area (Å²) in [6.07, 6.45) is 0.162. The molecule has 0 aliphatic heterocycles. The van der Waals surface area contributed by atoms with Gasteiger partial charge < -0.3 is 4.74 Å². The maximum atomic E-state index is 11.3. The molecule has 1 aromatic rings. The quantitative estimate of drug-likeness (QED) is 0.478. The molecular weight excluding hydrogens is 270 g/mol. The molecule has 0 radical (unpaired) electrons. The number of benzene rings is 1. The highest BCUT2D eigenvalue weighted by molar-refractivity contribution is 8.13. The van der Waals surface area contributed by atoms with Gasteiger partial charge in [-0.3, -0.25) is 10.1 Å². The van der Waals surface area contributed by atoms with Crippen molar-refractivity contribution in [2.45, 2.75) is 18.2 Å². The Labute approximate surface area is 103 Å². The van der Waals surface area contributed by atoms with E-state index in [1.54, 1.807) is 6.92 Å². The summed E-state index contributed by atoms with van der Waals surface area (Å²) in [4.78, 5) is 9.99. The number of methoxy groups -OCH3 is 1. The summed E-state index contributed by atoms with van der Waals surface area (Å²) in [6, 6.07) is 2.42. The van der Waals surface area contributed by atoms with Crippen molar-refractivity contribution in [3.05, 3.63) is 27.8 Å². The Balaban J connectivity index is 3.70. The van der Waals surface area contributed by atoms with Crippen molar-refractivity contribution in [2.75, 3.05) is 7.11 Å². The molecule has 1 rings (SSSR count). The van der Waals surface area contributed by atoms with Crippen LogP contribution in [0.3, 0.4) is 0 Å². The van der Waals surface area contributed by atoms with E-state index in [1.807, 2.05) is 0 Å². The minimum absolute atomic E-state index is 0.0101. The zero-order valence-electron chi connectivity index (χ0n) is 9.14. The molecule has 0 aliphatic rings. The fourth-order valence-electron chi connectivity index (χ4n) is 1.53. The van der Waals surface area contributed by atoms with Crippen molar-refractivity contribution in [3.63, 3.8) is 0 Å². The lowest BCUT2D eigenvalue weighted by Gasteiger charge is -2.08. The summed E-state index contributed by atoms with van der Waals surface area (Å²) in [5.41, 5.74) is -0.318. The van der Waals surface area contributed by atoms with E-state index in [2.05, 4.69) is 0 Å². The first-order valence-corrected chi connectivity index (χ1v) is 6.92. The Morgan fingerprint density at radius 3 is 2.41 bits per heavy atom. The van der Waals surface area contributed by atoms with Crippen molar-refractivity contribution in [1.82, 2.24) is 0 Å². The smallest absolute Gasteiger partial charge is 0.315 e. The zero-order chi connectivity index (χ0) is 13.2. The minimum Gasteiger partial charge on any atom is -0.490 e. The average Bonchev–Trinajstić information content (AvgIpc) is 2.25. The van der Waals surface area contributed by atoms with Crippen LogP contribution in [0.15, 0.2) is 17.0 Å². The largest absolute Gasteiger partial charge is 0.490 e. The molecule has 1 aromatic carbocycles. The lowest BCUT2D eigenvalue weighted by molar-refractivity contribution is -0.386. The van der Waals surface area contributed by atoms with E-state index in [4.69, 9.17) is 15.4 Å². The van der Waals surface area contributed by atoms with Gasteiger partial charge in [-0.05, 0) is 18.6 Å². The first-order chi connectivity index (χ1) is 7.82. The van der Waals surface area contributed by atoms with Crippen LogP contribution in [0.25, 0.3) is 0 Å². The SMILES string of the molecule is CCc1c(S(=O)(=O)Cl)ccc(OC)c1[N+](=O)[O-]. The third-order valence-corrected chi connectivity index (χ3v) is 3.63. The molecule has 94 valence electrons. The summed E-state index contributed by atoms with van der Waals surface area (Å²) in [5, 5.41) is 10.9. The number of hydrogen-bond donors (Lipinski definition) is 0. The van der Waals surface area contributed by atoms with E-state index in [-0.39, 0.29) is 28.3 Å². The van der Waals surface area contributed by atoms with Crippen LogP contribution in [0, 0.1) is 10.1 Å². The summed E-state index contributed by atoms with van der Waals surface area (Å²) in [5.74, 6) is 0.0101. The topological polar surface area (TPSA) is 86.5 Å². The van der Waals surface area contributed by atoms with Crippen LogP contribution < -0.4 is 4.74 Å². The van der Waals surface area contributed by atoms with Crippen LogP contribution in [0.5, 0.6) is 5.75 Å². The molecule has 0 fully saturated rings. The molecule has 0 unspecified atom stereocenters. The van der Waals surface area contributed by atoms with Crippen LogP contribution in [-0.2, 0) is 15.5 Å². The summed E-state index contributed by atoms with van der Waals surface area (Å²) < 4.78 is 27.4. The second-order valence-electron chi connectivity index (χ2n) is 3.14. The van der Waals surface area contributed by atoms with Crippen LogP contribution >= 0.6 is 10.7 Å². The normalized spacial score (nSPS) is 11.2. The molecule has 0 spiro atoms. The Kier molecular flexibility index (Phi) is 3.94. The van der Waals surface area contributed by atoms with E-state index < -0.39 is 14.0 Å². The number of ether oxygens (including phenoxy) is 1. The maximum Gasteiger partial charge on any atom is 0.315 e. The number of nitro benzene ring substituents is 1. The maximum absolute atomic E-state index is 11.3. The number of nitrogens with zero attached hydrogens (tertiary/aromatic N) is 1. The number of nitro groups is 1. The highest BCUT2D eigenvalue weighted by atomic mass is 35.7. The molecule has 0 N–H and O–H groups in total. The van der Waals surface area contributed by atoms with Crippen molar-refractivity contribution in [1.29, 1.82) is 0 Å². The Morgan fingerprint density at radius 2 is 2.06 bits per heavy atom. The van der Waals surface area contributed by atoms with Gasteiger partial charge in [0, 0.05) is 10.7 Å². The molecule has 6 nitrogen and oxygen atoms in total. The van der Waals surface area contributed by atoms with Crippen molar-refractivity contribution < 1.29 is 18.1 Å². The fraction of sp³-hybridized carbons (Fsp3) is 0.333. The van der Waals surface area contributed by atoms with E-state index in [0.29, 0.717) is 0 Å². The highest BCUT2D eigenvalue weighted by Gasteiger charge is 2.27. The number of hydrogen-bond acceptors (Lipinski definition) is 5. The summed E-state index contributed by atoms with van der Waals surface area (Å²) in [7, 11) is 2.48. The molecule has 17 heavy (non-hydrogen) atoms. The first-order valence-electron chi connectivity index (χ1n) is 4.61. The Morgan fingerprint density at radius 1 is 1.47 bits per heavy atom. The summed E-state index contributed by atoms with van der Waals surface area (Å²) in [6.45, 7) is 1.60. The molecule has 0 atom stereocenters. The van der Waals surface area contributed by atoms with Gasteiger partial charge in [0.25, 0.3) is 9.05 Å². The molecule has 0 saturated carbocycles. The predicted molar refractivity (Wildman–Crippen MR) is 62.1 cm³/mol. The van der Waals surface area contributed by atoms with Crippen LogP contribution in [0.2, 0.25) is 0 Å². The minimum atomic E-state index is -4.01. The van der Waals surface area contributed by atoms with Gasteiger partial charge in [0.1, 0.15) is 0 Å². The molecular formula is C9H10ClNO5S. The average molecular weight is 280 g/mol. The molecule has 0 bridgehead atoms. The van der Waals surface area contributed by atoms with E-state index in [0.717, 1.165) is 0 Å². The lowest BCUT2D eigenvalue weighted by Crippen LogP contribution is -2.04. The Bertz CT molecular complexity index is 555. The monoisotopic (exact) mass is 279 g/mol. The van der Waals surface area contributed by atoms with Crippen LogP contribution in [-0.4, -0.2) is 20.5 Å². The second kappa shape index (κ2) is 4.89. The van der Waals surface area contributed by atoms with E-state index >= 15 is 0 Å². The van der Waals surface area contributed by atoms with Gasteiger partial charge >= 0.3 is 5.69 Å². The molecule has 0 aromatic heterocycles. The number of rotatable bonds is 4. The fourth-order valence-corrected chi connectivity index (χ4v) is 2.73. The van der Waals surface area contributed by atoms with Gasteiger partial charge in [-0.25, -0.2) is 8.42 Å². The summed E-state index contributed by atoms with van der Waals surface area (Å²) >= 11 is 0. The van der Waals surface area contributed by atoms with Crippen molar-refractivity contribution >= 4 is 25.4 Å². The van der Waals surface area contributed by atoms with Crippen LogP contribution in [0.4, 0.5) is 5.69 Å². The molecule has 8 heteroatoms. The molecule has 0 amide bonds. The standard InChI is InChI=1S/C9H10ClNO5S/c1-3-6-8(17(10,14)15)5-4-7(16-2)9(6)11(12)13/h4-5H,3H2,1-2H3. The third kappa shape index (κ3) is 2.67. The predicted octanol–water partition coefficient (Wildman–Crippen LogP) is 2.09. The van der Waals surface area contributed by atoms with Gasteiger partial charge in [0.2, 0.25) is 0 Å². The van der Waals surface area contributed by atoms with E-state index in [9.17, 15) is 18.5 Å². The molecule has 0 saturated heterocycles. The van der Waals surface area contributed by atoms with Gasteiger partial charge in [0.15, 0.2) is 5.75 Å². The molecule has 0 heterocycles. The van der Waals surface area contributed by atoms with Gasteiger partial charge in [-0.1, -0.05) is 6.92 Å². The van der Waals surface area contributed by atoms with Crippen LogP contribution in [0.1, 0.15) is 12.5 Å². The first kappa shape index (κ1) is 13.7. The third-order valence-electron chi connectivity index (χ3n) is 2.22. The van der Waals surface area contributed by atoms with Gasteiger partial charge in [-0.15, -0.1) is 0 Å². The van der Waals surface area contributed by atoms with Crippen molar-refractivity contribution in [3.8, 4) is 5.75 Å². The number of halogens is 1. The van der Waals surface area contributed by atoms with Crippen molar-refractivity contribution in [2.24, 2.45) is 0 Å². The Hall–Kier alpha value is -1.34. The lowest BCUT2D eigenvalue weighted by atomic mass is 10.1. The molecule has 0 aliphatic carbocycles. The highest BCUT2D eigenvalue weighted by Crippen LogP contribution is 2.36. The van der Waals surface area contributed by atoms with Gasteiger partial charge in [0.05, 0.1) is 22.5 Å². The zero-order valence-corrected chi connectivity index (χ0v) is 10.7. The second-order valence-corrected chi connectivity index (χ2v) is 5.68. The van der Waals surface area contributed by atoms with Gasteiger partial charge in [-0.2, -0.15) is 0 Å². The van der Waals surface area contributed by atoms with E-state index in [1.165, 1.54) is 19.2 Å².